The molecule has 3 N–H and O–H groups in total. The second kappa shape index (κ2) is 6.16. The largest absolute Gasteiger partial charge is 0.496 e. The van der Waals surface area contributed by atoms with Crippen LogP contribution in [0.4, 0.5) is 0 Å². The van der Waals surface area contributed by atoms with Crippen molar-refractivity contribution in [1.29, 1.82) is 0 Å². The number of carbonyl (C=O) groups excluding carboxylic acids is 1. The van der Waals surface area contributed by atoms with E-state index >= 15 is 0 Å². The Kier molecular flexibility index (Phi) is 4.06. The van der Waals surface area contributed by atoms with Crippen molar-refractivity contribution in [2.45, 2.75) is 26.3 Å². The van der Waals surface area contributed by atoms with Gasteiger partial charge in [-0.25, -0.2) is 4.98 Å². The Morgan fingerprint density at radius 2 is 2.26 bits per heavy atom. The van der Waals surface area contributed by atoms with Gasteiger partial charge in [0.2, 0.25) is 0 Å². The van der Waals surface area contributed by atoms with Crippen LogP contribution < -0.4 is 10.1 Å². The molecule has 6 heteroatoms. The van der Waals surface area contributed by atoms with Gasteiger partial charge in [-0.15, -0.1) is 0 Å². The lowest BCUT2D eigenvalue weighted by Crippen LogP contribution is -2.29. The monoisotopic (exact) mass is 312 g/mol. The number of methoxy groups -OCH3 is 1. The van der Waals surface area contributed by atoms with Crippen LogP contribution in [0.2, 0.25) is 0 Å². The number of carbonyl (C=O) groups is 1. The number of imidazole rings is 1. The molecule has 0 saturated carbocycles. The van der Waals surface area contributed by atoms with Crippen LogP contribution in [0.25, 0.3) is 10.9 Å². The van der Waals surface area contributed by atoms with E-state index in [9.17, 15) is 4.79 Å². The van der Waals surface area contributed by atoms with Crippen LogP contribution in [0.15, 0.2) is 30.6 Å². The molecule has 1 atom stereocenters. The molecule has 0 spiro atoms. The predicted octanol–water partition coefficient (Wildman–Crippen LogP) is 3.09. The molecule has 120 valence electrons. The molecule has 0 aliphatic carbocycles. The normalized spacial score (nSPS) is 12.3. The van der Waals surface area contributed by atoms with Gasteiger partial charge in [-0.2, -0.15) is 0 Å². The van der Waals surface area contributed by atoms with Gasteiger partial charge < -0.3 is 20.0 Å². The molecule has 0 bridgehead atoms. The van der Waals surface area contributed by atoms with Crippen molar-refractivity contribution in [3.8, 4) is 5.75 Å². The number of H-pyrrole nitrogens is 2. The molecule has 0 saturated heterocycles. The lowest BCUT2D eigenvalue weighted by molar-refractivity contribution is 0.0929. The van der Waals surface area contributed by atoms with Crippen LogP contribution >= 0.6 is 0 Å². The first-order chi connectivity index (χ1) is 11.1. The van der Waals surface area contributed by atoms with Gasteiger partial charge in [-0.1, -0.05) is 13.0 Å². The number of ether oxygens (including phenoxy) is 1. The van der Waals surface area contributed by atoms with E-state index in [2.05, 4.69) is 20.3 Å². The molecule has 23 heavy (non-hydrogen) atoms. The number of amides is 1. The minimum Gasteiger partial charge on any atom is -0.496 e. The molecule has 2 aromatic heterocycles. The van der Waals surface area contributed by atoms with Crippen molar-refractivity contribution >= 4 is 16.8 Å². The number of aromatic amines is 2. The Balaban J connectivity index is 1.90. The van der Waals surface area contributed by atoms with E-state index < -0.39 is 0 Å². The molecule has 3 aromatic rings. The van der Waals surface area contributed by atoms with Crippen molar-refractivity contribution in [3.05, 3.63) is 47.7 Å². The molecule has 1 unspecified atom stereocenters. The number of benzene rings is 1. The van der Waals surface area contributed by atoms with Gasteiger partial charge >= 0.3 is 0 Å². The number of nitrogens with zero attached hydrogens (tertiary/aromatic N) is 1. The zero-order chi connectivity index (χ0) is 16.4. The van der Waals surface area contributed by atoms with E-state index in [1.807, 2.05) is 32.0 Å². The minimum atomic E-state index is -0.161. The van der Waals surface area contributed by atoms with Crippen LogP contribution in [0.1, 0.15) is 41.3 Å². The Morgan fingerprint density at radius 3 is 2.91 bits per heavy atom. The van der Waals surface area contributed by atoms with Gasteiger partial charge in [-0.3, -0.25) is 4.79 Å². The van der Waals surface area contributed by atoms with Crippen molar-refractivity contribution < 1.29 is 9.53 Å². The molecular weight excluding hydrogens is 292 g/mol. The second-order valence-corrected chi connectivity index (χ2v) is 5.47. The average Bonchev–Trinajstić information content (AvgIpc) is 3.22. The van der Waals surface area contributed by atoms with Crippen LogP contribution in [-0.4, -0.2) is 28.0 Å². The van der Waals surface area contributed by atoms with E-state index in [0.29, 0.717) is 5.69 Å². The van der Waals surface area contributed by atoms with Gasteiger partial charge in [0.15, 0.2) is 0 Å². The van der Waals surface area contributed by atoms with Gasteiger partial charge in [-0.05, 0) is 31.0 Å². The maximum atomic E-state index is 12.6. The highest BCUT2D eigenvalue weighted by Crippen LogP contribution is 2.29. The van der Waals surface area contributed by atoms with Crippen LogP contribution in [0, 0.1) is 6.92 Å². The Morgan fingerprint density at radius 1 is 1.43 bits per heavy atom. The summed E-state index contributed by atoms with van der Waals surface area (Å²) < 4.78 is 5.37. The smallest absolute Gasteiger partial charge is 0.268 e. The minimum absolute atomic E-state index is 0.146. The first kappa shape index (κ1) is 15.1. The number of nitrogens with one attached hydrogen (secondary N) is 3. The predicted molar refractivity (Wildman–Crippen MR) is 88.7 cm³/mol. The van der Waals surface area contributed by atoms with Crippen LogP contribution in [0.5, 0.6) is 5.75 Å². The highest BCUT2D eigenvalue weighted by atomic mass is 16.5. The number of rotatable bonds is 5. The molecule has 0 aliphatic rings. The maximum Gasteiger partial charge on any atom is 0.268 e. The molecule has 0 aliphatic heterocycles. The summed E-state index contributed by atoms with van der Waals surface area (Å²) in [6.45, 7) is 4.00. The van der Waals surface area contributed by atoms with Crippen molar-refractivity contribution in [1.82, 2.24) is 20.3 Å². The van der Waals surface area contributed by atoms with Gasteiger partial charge in [0.1, 0.15) is 17.3 Å². The topological polar surface area (TPSA) is 82.8 Å². The van der Waals surface area contributed by atoms with E-state index in [1.165, 1.54) is 0 Å². The number of aryl methyl sites for hydroxylation is 1. The fourth-order valence-corrected chi connectivity index (χ4v) is 2.70. The summed E-state index contributed by atoms with van der Waals surface area (Å²) in [6, 6.07) is 5.56. The molecule has 2 heterocycles. The fraction of sp³-hybridized carbons (Fsp3) is 0.294. The standard InChI is InChI=1S/C17H20N4O2/c1-4-12(16-18-7-8-19-16)21-17(22)13-9-11-14(23-3)6-5-10(2)15(11)20-13/h5-9,12,20H,4H2,1-3H3,(H,18,19)(H,21,22). The highest BCUT2D eigenvalue weighted by molar-refractivity contribution is 6.00. The van der Waals surface area contributed by atoms with Crippen LogP contribution in [0.3, 0.4) is 0 Å². The molecule has 0 radical (unpaired) electrons. The lowest BCUT2D eigenvalue weighted by atomic mass is 10.1. The SMILES string of the molecule is CCC(NC(=O)c1cc2c(OC)ccc(C)c2[nH]1)c1ncc[nH]1. The summed E-state index contributed by atoms with van der Waals surface area (Å²) in [5, 5.41) is 3.90. The molecule has 1 aromatic carbocycles. The van der Waals surface area contributed by atoms with E-state index in [-0.39, 0.29) is 11.9 Å². The fourth-order valence-electron chi connectivity index (χ4n) is 2.70. The molecule has 1 amide bonds. The highest BCUT2D eigenvalue weighted by Gasteiger charge is 2.18. The Bertz CT molecular complexity index is 821. The molecule has 6 nitrogen and oxygen atoms in total. The summed E-state index contributed by atoms with van der Waals surface area (Å²) in [7, 11) is 1.63. The van der Waals surface area contributed by atoms with Gasteiger partial charge in [0, 0.05) is 17.8 Å². The lowest BCUT2D eigenvalue weighted by Gasteiger charge is -2.13. The summed E-state index contributed by atoms with van der Waals surface area (Å²) in [5.74, 6) is 1.34. The van der Waals surface area contributed by atoms with E-state index in [0.717, 1.165) is 34.5 Å². The Labute approximate surface area is 134 Å². The molecule has 3 rings (SSSR count). The first-order valence-electron chi connectivity index (χ1n) is 7.60. The number of hydrogen-bond donors (Lipinski definition) is 3. The maximum absolute atomic E-state index is 12.6. The number of hydrogen-bond acceptors (Lipinski definition) is 3. The average molecular weight is 312 g/mol. The summed E-state index contributed by atoms with van der Waals surface area (Å²) in [4.78, 5) is 23.0. The van der Waals surface area contributed by atoms with Crippen molar-refractivity contribution in [2.24, 2.45) is 0 Å². The van der Waals surface area contributed by atoms with E-state index in [1.54, 1.807) is 19.5 Å². The summed E-state index contributed by atoms with van der Waals surface area (Å²) in [5.41, 5.74) is 2.50. The summed E-state index contributed by atoms with van der Waals surface area (Å²) in [6.07, 6.45) is 4.18. The molecule has 0 fully saturated rings. The third-order valence-electron chi connectivity index (χ3n) is 3.99. The zero-order valence-corrected chi connectivity index (χ0v) is 13.4. The molecular formula is C17H20N4O2. The summed E-state index contributed by atoms with van der Waals surface area (Å²) >= 11 is 0. The Hall–Kier alpha value is -2.76. The van der Waals surface area contributed by atoms with Crippen LogP contribution in [-0.2, 0) is 0 Å². The third kappa shape index (κ3) is 2.79. The van der Waals surface area contributed by atoms with Gasteiger partial charge in [0.25, 0.3) is 5.91 Å². The zero-order valence-electron chi connectivity index (χ0n) is 13.4. The van der Waals surface area contributed by atoms with Crippen molar-refractivity contribution in [3.63, 3.8) is 0 Å². The number of aromatic nitrogens is 3. The number of fused-ring (bicyclic) bond motifs is 1. The van der Waals surface area contributed by atoms with Crippen molar-refractivity contribution in [2.75, 3.05) is 7.11 Å². The van der Waals surface area contributed by atoms with Gasteiger partial charge in [0.05, 0.1) is 18.7 Å². The quantitative estimate of drug-likeness (QED) is 0.677. The third-order valence-corrected chi connectivity index (χ3v) is 3.99. The first-order valence-corrected chi connectivity index (χ1v) is 7.60. The van der Waals surface area contributed by atoms with E-state index in [4.69, 9.17) is 4.74 Å². The second-order valence-electron chi connectivity index (χ2n) is 5.47.